The molecular formula is C18H17N3O3. The smallest absolute Gasteiger partial charge is 0.339 e. The fraction of sp³-hybridized carbons (Fsp3) is 0.167. The van der Waals surface area contributed by atoms with Crippen molar-refractivity contribution in [3.05, 3.63) is 63.3 Å². The summed E-state index contributed by atoms with van der Waals surface area (Å²) in [6.45, 7) is 5.39. The molecule has 3 N–H and O–H groups in total. The van der Waals surface area contributed by atoms with E-state index in [1.807, 2.05) is 19.9 Å². The summed E-state index contributed by atoms with van der Waals surface area (Å²) in [5.41, 5.74) is 3.30. The number of carbonyl (C=O) groups is 1. The molecule has 0 atom stereocenters. The predicted molar refractivity (Wildman–Crippen MR) is 93.3 cm³/mol. The maximum atomic E-state index is 11.9. The molecule has 0 fully saturated rings. The van der Waals surface area contributed by atoms with Crippen LogP contribution in [0, 0.1) is 20.8 Å². The number of carboxylic acid groups (broad SMARTS) is 1. The van der Waals surface area contributed by atoms with Crippen LogP contribution in [-0.2, 0) is 0 Å². The molecule has 2 aromatic heterocycles. The Balaban J connectivity index is 2.16. The molecule has 0 radical (unpaired) electrons. The number of pyridine rings is 2. The molecule has 0 aliphatic heterocycles. The van der Waals surface area contributed by atoms with Gasteiger partial charge in [0, 0.05) is 23.0 Å². The maximum absolute atomic E-state index is 11.9. The van der Waals surface area contributed by atoms with Gasteiger partial charge in [-0.25, -0.2) is 4.79 Å². The summed E-state index contributed by atoms with van der Waals surface area (Å²) in [6.07, 6.45) is 1.60. The number of fused-ring (bicyclic) bond motifs is 1. The number of benzene rings is 1. The minimum Gasteiger partial charge on any atom is -0.478 e. The van der Waals surface area contributed by atoms with Gasteiger partial charge in [0.1, 0.15) is 5.56 Å². The summed E-state index contributed by atoms with van der Waals surface area (Å²) in [6, 6.07) is 7.05. The highest BCUT2D eigenvalue weighted by Crippen LogP contribution is 2.29. The third kappa shape index (κ3) is 2.62. The Morgan fingerprint density at radius 2 is 1.88 bits per heavy atom. The summed E-state index contributed by atoms with van der Waals surface area (Å²) in [7, 11) is 0. The molecule has 0 spiro atoms. The lowest BCUT2D eigenvalue weighted by atomic mass is 10.0. The zero-order valence-corrected chi connectivity index (χ0v) is 13.6. The Bertz CT molecular complexity index is 1020. The van der Waals surface area contributed by atoms with Crippen molar-refractivity contribution >= 4 is 28.1 Å². The number of aromatic nitrogens is 2. The molecule has 0 aliphatic carbocycles. The number of rotatable bonds is 3. The van der Waals surface area contributed by atoms with Crippen molar-refractivity contribution in [1.29, 1.82) is 0 Å². The topological polar surface area (TPSA) is 95.1 Å². The van der Waals surface area contributed by atoms with Gasteiger partial charge in [0.2, 0.25) is 0 Å². The van der Waals surface area contributed by atoms with E-state index in [9.17, 15) is 14.7 Å². The molecule has 3 rings (SSSR count). The second-order valence-electron chi connectivity index (χ2n) is 5.71. The first kappa shape index (κ1) is 15.7. The molecule has 2 heterocycles. The maximum Gasteiger partial charge on any atom is 0.339 e. The van der Waals surface area contributed by atoms with E-state index in [2.05, 4.69) is 15.3 Å². The molecule has 122 valence electrons. The number of aromatic amines is 1. The van der Waals surface area contributed by atoms with E-state index in [1.54, 1.807) is 31.3 Å². The first-order valence-corrected chi connectivity index (χ1v) is 7.48. The van der Waals surface area contributed by atoms with E-state index >= 15 is 0 Å². The van der Waals surface area contributed by atoms with Crippen LogP contribution >= 0.6 is 0 Å². The lowest BCUT2D eigenvalue weighted by molar-refractivity contribution is 0.0696. The molecule has 0 saturated carbocycles. The Morgan fingerprint density at radius 3 is 2.58 bits per heavy atom. The molecule has 0 bridgehead atoms. The van der Waals surface area contributed by atoms with Gasteiger partial charge in [-0.1, -0.05) is 0 Å². The van der Waals surface area contributed by atoms with E-state index < -0.39 is 5.97 Å². The minimum absolute atomic E-state index is 0.144. The van der Waals surface area contributed by atoms with Crippen LogP contribution in [0.25, 0.3) is 10.8 Å². The van der Waals surface area contributed by atoms with Crippen LogP contribution in [0.2, 0.25) is 0 Å². The van der Waals surface area contributed by atoms with E-state index in [-0.39, 0.29) is 11.1 Å². The highest BCUT2D eigenvalue weighted by atomic mass is 16.4. The predicted octanol–water partition coefficient (Wildman–Crippen LogP) is 3.29. The molecule has 6 nitrogen and oxygen atoms in total. The van der Waals surface area contributed by atoms with Gasteiger partial charge in [-0.3, -0.25) is 9.78 Å². The van der Waals surface area contributed by atoms with Gasteiger partial charge in [-0.2, -0.15) is 0 Å². The lowest BCUT2D eigenvalue weighted by Gasteiger charge is -2.15. The molecule has 1 aromatic carbocycles. The van der Waals surface area contributed by atoms with Gasteiger partial charge in [-0.05, 0) is 56.0 Å². The summed E-state index contributed by atoms with van der Waals surface area (Å²) < 4.78 is 0. The summed E-state index contributed by atoms with van der Waals surface area (Å²) in [5, 5.41) is 14.1. The molecule has 0 saturated heterocycles. The molecular weight excluding hydrogens is 306 g/mol. The second-order valence-corrected chi connectivity index (χ2v) is 5.71. The third-order valence-electron chi connectivity index (χ3n) is 4.04. The van der Waals surface area contributed by atoms with Crippen LogP contribution in [0.3, 0.4) is 0 Å². The Labute approximate surface area is 138 Å². The van der Waals surface area contributed by atoms with Crippen LogP contribution in [0.4, 0.5) is 11.4 Å². The van der Waals surface area contributed by atoms with Crippen molar-refractivity contribution in [1.82, 2.24) is 9.97 Å². The zero-order chi connectivity index (χ0) is 17.4. The number of nitrogens with zero attached hydrogens (tertiary/aromatic N) is 1. The van der Waals surface area contributed by atoms with Crippen LogP contribution < -0.4 is 10.9 Å². The van der Waals surface area contributed by atoms with Crippen molar-refractivity contribution in [2.45, 2.75) is 20.8 Å². The van der Waals surface area contributed by atoms with Gasteiger partial charge in [0.15, 0.2) is 0 Å². The van der Waals surface area contributed by atoms with E-state index in [0.717, 1.165) is 22.3 Å². The van der Waals surface area contributed by atoms with Crippen molar-refractivity contribution in [3.8, 4) is 0 Å². The van der Waals surface area contributed by atoms with E-state index in [1.165, 1.54) is 0 Å². The molecule has 6 heteroatoms. The fourth-order valence-electron chi connectivity index (χ4n) is 2.90. The van der Waals surface area contributed by atoms with Crippen molar-refractivity contribution in [2.75, 3.05) is 5.32 Å². The van der Waals surface area contributed by atoms with Gasteiger partial charge in [0.25, 0.3) is 5.56 Å². The van der Waals surface area contributed by atoms with Crippen molar-refractivity contribution in [2.24, 2.45) is 0 Å². The number of anilines is 2. The van der Waals surface area contributed by atoms with Gasteiger partial charge >= 0.3 is 5.97 Å². The van der Waals surface area contributed by atoms with Gasteiger partial charge in [-0.15, -0.1) is 0 Å². The number of nitrogens with one attached hydrogen (secondary N) is 2. The number of carboxylic acids is 1. The Morgan fingerprint density at radius 1 is 1.12 bits per heavy atom. The van der Waals surface area contributed by atoms with Crippen molar-refractivity contribution in [3.63, 3.8) is 0 Å². The molecule has 3 aromatic rings. The van der Waals surface area contributed by atoms with Gasteiger partial charge < -0.3 is 15.4 Å². The van der Waals surface area contributed by atoms with Crippen LogP contribution in [0.1, 0.15) is 27.3 Å². The van der Waals surface area contributed by atoms with Crippen LogP contribution in [0.15, 0.2) is 35.3 Å². The highest BCUT2D eigenvalue weighted by molar-refractivity contribution is 5.97. The molecule has 0 aliphatic rings. The molecule has 0 unspecified atom stereocenters. The van der Waals surface area contributed by atoms with Crippen molar-refractivity contribution < 1.29 is 9.90 Å². The number of aryl methyl sites for hydroxylation is 3. The minimum atomic E-state index is -1.03. The second kappa shape index (κ2) is 5.81. The highest BCUT2D eigenvalue weighted by Gasteiger charge is 2.16. The summed E-state index contributed by atoms with van der Waals surface area (Å²) in [5.74, 6) is -1.03. The first-order chi connectivity index (χ1) is 11.4. The zero-order valence-electron chi connectivity index (χ0n) is 13.6. The summed E-state index contributed by atoms with van der Waals surface area (Å²) >= 11 is 0. The monoisotopic (exact) mass is 323 g/mol. The Kier molecular flexibility index (Phi) is 3.81. The average Bonchev–Trinajstić information content (AvgIpc) is 2.49. The fourth-order valence-corrected chi connectivity index (χ4v) is 2.90. The van der Waals surface area contributed by atoms with Crippen LogP contribution in [0.5, 0.6) is 0 Å². The SMILES string of the molecule is Cc1cc(Nc2ccc3c(=O)[nH]ccc3c2C)c(C(=O)O)c(C)n1. The van der Waals surface area contributed by atoms with E-state index in [4.69, 9.17) is 0 Å². The normalized spacial score (nSPS) is 10.8. The van der Waals surface area contributed by atoms with Gasteiger partial charge in [0.05, 0.1) is 11.4 Å². The molecule has 24 heavy (non-hydrogen) atoms. The lowest BCUT2D eigenvalue weighted by Crippen LogP contribution is -2.09. The number of hydrogen-bond acceptors (Lipinski definition) is 4. The quantitative estimate of drug-likeness (QED) is 0.687. The average molecular weight is 323 g/mol. The number of hydrogen-bond donors (Lipinski definition) is 3. The summed E-state index contributed by atoms with van der Waals surface area (Å²) in [4.78, 5) is 30.3. The molecule has 0 amide bonds. The number of aromatic carboxylic acids is 1. The number of H-pyrrole nitrogens is 1. The van der Waals surface area contributed by atoms with Crippen LogP contribution in [-0.4, -0.2) is 21.0 Å². The largest absolute Gasteiger partial charge is 0.478 e. The first-order valence-electron chi connectivity index (χ1n) is 7.48. The standard InChI is InChI=1S/C18H17N3O3/c1-9-8-15(16(18(23)24)11(3)20-9)21-14-5-4-13-12(10(14)2)6-7-19-17(13)22/h4-8H,1-3H3,(H,19,22)(H,20,21)(H,23,24). The third-order valence-corrected chi connectivity index (χ3v) is 4.04. The van der Waals surface area contributed by atoms with E-state index in [0.29, 0.717) is 16.8 Å². The Hall–Kier alpha value is -3.15.